The molecule has 0 fully saturated rings. The van der Waals surface area contributed by atoms with E-state index in [1.807, 2.05) is 42.5 Å². The molecule has 2 N–H and O–H groups in total. The minimum Gasteiger partial charge on any atom is -0.399 e. The molecule has 0 saturated heterocycles. The van der Waals surface area contributed by atoms with Crippen molar-refractivity contribution in [2.75, 3.05) is 5.73 Å². The quantitative estimate of drug-likeness (QED) is 0.760. The number of rotatable bonds is 2. The molecule has 1 aliphatic rings. The molecule has 102 valence electrons. The Kier molecular flexibility index (Phi) is 3.64. The van der Waals surface area contributed by atoms with Crippen molar-refractivity contribution in [1.82, 2.24) is 0 Å². The van der Waals surface area contributed by atoms with Crippen LogP contribution in [-0.4, -0.2) is 0 Å². The number of anilines is 1. The molecule has 2 aromatic carbocycles. The summed E-state index contributed by atoms with van der Waals surface area (Å²) in [5.41, 5.74) is 8.40. The van der Waals surface area contributed by atoms with Gasteiger partial charge in [0, 0.05) is 27.7 Å². The summed E-state index contributed by atoms with van der Waals surface area (Å²) < 4.78 is 0. The van der Waals surface area contributed by atoms with Gasteiger partial charge in [-0.25, -0.2) is 0 Å². The van der Waals surface area contributed by atoms with Crippen molar-refractivity contribution in [3.63, 3.8) is 0 Å². The molecule has 0 bridgehead atoms. The van der Waals surface area contributed by atoms with Gasteiger partial charge in [-0.15, -0.1) is 0 Å². The Morgan fingerprint density at radius 2 is 1.50 bits per heavy atom. The smallest absolute Gasteiger partial charge is 0.101 e. The van der Waals surface area contributed by atoms with Gasteiger partial charge in [0.25, 0.3) is 0 Å². The van der Waals surface area contributed by atoms with E-state index >= 15 is 0 Å². The van der Waals surface area contributed by atoms with Crippen LogP contribution in [-0.2, 0) is 0 Å². The molecule has 0 amide bonds. The van der Waals surface area contributed by atoms with Gasteiger partial charge in [-0.2, -0.15) is 10.2 Å². The van der Waals surface area contributed by atoms with Gasteiger partial charge in [0.1, 0.15) is 6.04 Å². The van der Waals surface area contributed by atoms with Crippen LogP contribution in [0, 0.1) is 0 Å². The lowest BCUT2D eigenvalue weighted by Crippen LogP contribution is -1.98. The first kappa shape index (κ1) is 13.4. The van der Waals surface area contributed by atoms with Crippen LogP contribution in [0.1, 0.15) is 29.6 Å². The fourth-order valence-electron chi connectivity index (χ4n) is 2.39. The van der Waals surface area contributed by atoms with E-state index in [0.717, 1.165) is 23.2 Å². The van der Waals surface area contributed by atoms with E-state index < -0.39 is 0 Å². The van der Waals surface area contributed by atoms with E-state index in [9.17, 15) is 0 Å². The number of hydrogen-bond acceptors (Lipinski definition) is 3. The summed E-state index contributed by atoms with van der Waals surface area (Å²) in [6.45, 7) is 0. The zero-order valence-corrected chi connectivity index (χ0v) is 12.1. The average Bonchev–Trinajstić information content (AvgIpc) is 2.89. The third kappa shape index (κ3) is 2.51. The molecular weight excluding hydrogens is 293 g/mol. The number of nitrogens with zero attached hydrogens (tertiary/aromatic N) is 2. The Labute approximate surface area is 127 Å². The average molecular weight is 306 g/mol. The number of azo groups is 1. The van der Waals surface area contributed by atoms with Crippen LogP contribution >= 0.6 is 23.2 Å². The van der Waals surface area contributed by atoms with Crippen molar-refractivity contribution >= 4 is 28.9 Å². The van der Waals surface area contributed by atoms with Gasteiger partial charge in [0.05, 0.1) is 6.04 Å². The summed E-state index contributed by atoms with van der Waals surface area (Å²) in [6, 6.07) is 13.2. The van der Waals surface area contributed by atoms with E-state index in [4.69, 9.17) is 28.9 Å². The van der Waals surface area contributed by atoms with Crippen molar-refractivity contribution in [1.29, 1.82) is 0 Å². The molecule has 0 saturated carbocycles. The number of benzene rings is 2. The van der Waals surface area contributed by atoms with E-state index in [-0.39, 0.29) is 12.1 Å². The highest BCUT2D eigenvalue weighted by molar-refractivity contribution is 6.36. The van der Waals surface area contributed by atoms with E-state index in [1.54, 1.807) is 0 Å². The second kappa shape index (κ2) is 5.43. The van der Waals surface area contributed by atoms with Gasteiger partial charge in [-0.05, 0) is 29.8 Å². The van der Waals surface area contributed by atoms with Gasteiger partial charge in [-0.1, -0.05) is 41.4 Å². The molecule has 2 unspecified atom stereocenters. The maximum atomic E-state index is 6.22. The topological polar surface area (TPSA) is 50.7 Å². The zero-order valence-electron chi connectivity index (χ0n) is 10.6. The molecule has 0 aromatic heterocycles. The first-order valence-corrected chi connectivity index (χ1v) is 7.10. The van der Waals surface area contributed by atoms with Gasteiger partial charge in [-0.3, -0.25) is 0 Å². The van der Waals surface area contributed by atoms with Gasteiger partial charge < -0.3 is 5.73 Å². The summed E-state index contributed by atoms with van der Waals surface area (Å²) in [4.78, 5) is 0. The first-order chi connectivity index (χ1) is 9.65. The fraction of sp³-hybridized carbons (Fsp3) is 0.200. The maximum absolute atomic E-state index is 6.22. The number of nitrogen functional groups attached to an aromatic ring is 1. The lowest BCUT2D eigenvalue weighted by atomic mass is 9.97. The zero-order chi connectivity index (χ0) is 14.1. The van der Waals surface area contributed by atoms with Crippen LogP contribution < -0.4 is 5.73 Å². The van der Waals surface area contributed by atoms with Gasteiger partial charge >= 0.3 is 0 Å². The largest absolute Gasteiger partial charge is 0.399 e. The molecule has 0 radical (unpaired) electrons. The third-order valence-electron chi connectivity index (χ3n) is 3.45. The van der Waals surface area contributed by atoms with Crippen LogP contribution in [0.2, 0.25) is 10.0 Å². The number of nitrogens with two attached hydrogens (primary N) is 1. The summed E-state index contributed by atoms with van der Waals surface area (Å²) in [5.74, 6) is 0. The number of halogens is 2. The van der Waals surface area contributed by atoms with Crippen molar-refractivity contribution in [2.45, 2.75) is 18.5 Å². The highest BCUT2D eigenvalue weighted by Crippen LogP contribution is 2.43. The standard InChI is InChI=1S/C15H13Cl2N3/c16-11-2-1-3-12(17)15(11)14-8-13(19-20-14)9-4-6-10(18)7-5-9/h1-7,13-14H,8,18H2. The lowest BCUT2D eigenvalue weighted by molar-refractivity contribution is 0.659. The van der Waals surface area contributed by atoms with Crippen molar-refractivity contribution < 1.29 is 0 Å². The molecule has 3 rings (SSSR count). The summed E-state index contributed by atoms with van der Waals surface area (Å²) in [5, 5.41) is 9.95. The van der Waals surface area contributed by atoms with E-state index in [1.165, 1.54) is 0 Å². The Balaban J connectivity index is 1.84. The Morgan fingerprint density at radius 3 is 2.15 bits per heavy atom. The van der Waals surface area contributed by atoms with Crippen LogP contribution in [0.3, 0.4) is 0 Å². The normalized spacial score (nSPS) is 21.3. The second-order valence-corrected chi connectivity index (χ2v) is 5.61. The molecule has 0 spiro atoms. The number of hydrogen-bond donors (Lipinski definition) is 1. The molecule has 2 aromatic rings. The Hall–Kier alpha value is -1.58. The first-order valence-electron chi connectivity index (χ1n) is 6.34. The fourth-order valence-corrected chi connectivity index (χ4v) is 3.04. The SMILES string of the molecule is Nc1ccc(C2CC(c3c(Cl)cccc3Cl)N=N2)cc1. The van der Waals surface area contributed by atoms with Gasteiger partial charge in [0.15, 0.2) is 0 Å². The maximum Gasteiger partial charge on any atom is 0.101 e. The van der Waals surface area contributed by atoms with Crippen molar-refractivity contribution in [3.05, 3.63) is 63.6 Å². The molecular formula is C15H13Cl2N3. The molecule has 1 heterocycles. The minimum atomic E-state index is -0.0845. The molecule has 20 heavy (non-hydrogen) atoms. The van der Waals surface area contributed by atoms with Crippen LogP contribution in [0.5, 0.6) is 0 Å². The second-order valence-electron chi connectivity index (χ2n) is 4.80. The van der Waals surface area contributed by atoms with Crippen molar-refractivity contribution in [2.24, 2.45) is 10.2 Å². The lowest BCUT2D eigenvalue weighted by Gasteiger charge is -2.12. The highest BCUT2D eigenvalue weighted by atomic mass is 35.5. The molecule has 2 atom stereocenters. The highest BCUT2D eigenvalue weighted by Gasteiger charge is 2.27. The summed E-state index contributed by atoms with van der Waals surface area (Å²) in [6.07, 6.45) is 0.771. The van der Waals surface area contributed by atoms with Crippen LogP contribution in [0.15, 0.2) is 52.7 Å². The van der Waals surface area contributed by atoms with Gasteiger partial charge in [0.2, 0.25) is 0 Å². The van der Waals surface area contributed by atoms with E-state index in [0.29, 0.717) is 10.0 Å². The summed E-state index contributed by atoms with van der Waals surface area (Å²) in [7, 11) is 0. The summed E-state index contributed by atoms with van der Waals surface area (Å²) >= 11 is 12.4. The third-order valence-corrected chi connectivity index (χ3v) is 4.11. The van der Waals surface area contributed by atoms with Crippen molar-refractivity contribution in [3.8, 4) is 0 Å². The Bertz CT molecular complexity index is 632. The molecule has 0 aliphatic carbocycles. The Morgan fingerprint density at radius 1 is 0.900 bits per heavy atom. The van der Waals surface area contributed by atoms with E-state index in [2.05, 4.69) is 10.2 Å². The minimum absolute atomic E-state index is 0.0351. The molecule has 3 nitrogen and oxygen atoms in total. The molecule has 1 aliphatic heterocycles. The monoisotopic (exact) mass is 305 g/mol. The van der Waals surface area contributed by atoms with Crippen LogP contribution in [0.4, 0.5) is 5.69 Å². The van der Waals surface area contributed by atoms with Crippen LogP contribution in [0.25, 0.3) is 0 Å². The predicted molar refractivity (Wildman–Crippen MR) is 82.3 cm³/mol. The predicted octanol–water partition coefficient (Wildman–Crippen LogP) is 5.21. The molecule has 5 heteroatoms.